The predicted molar refractivity (Wildman–Crippen MR) is 72.3 cm³/mol. The molecule has 0 unspecified atom stereocenters. The number of aliphatic hydroxyl groups is 1. The van der Waals surface area contributed by atoms with E-state index in [-0.39, 0.29) is 11.3 Å². The summed E-state index contributed by atoms with van der Waals surface area (Å²) in [6.45, 7) is 1.31. The number of carbonyl (C=O) groups is 1. The zero-order valence-electron chi connectivity index (χ0n) is 10.1. The molecule has 0 aliphatic heterocycles. The van der Waals surface area contributed by atoms with Crippen LogP contribution in [-0.2, 0) is 14.8 Å². The van der Waals surface area contributed by atoms with Crippen LogP contribution in [0.3, 0.4) is 0 Å². The average Bonchev–Trinajstić information content (AvgIpc) is 2.31. The van der Waals surface area contributed by atoms with Crippen LogP contribution in [0.4, 0.5) is 0 Å². The molecule has 1 rings (SSSR count). The molecule has 0 radical (unpaired) electrons. The van der Waals surface area contributed by atoms with Crippen LogP contribution in [0.15, 0.2) is 27.6 Å². The second kappa shape index (κ2) is 6.47. The molecule has 1 aromatic rings. The van der Waals surface area contributed by atoms with Crippen LogP contribution in [0.5, 0.6) is 0 Å². The summed E-state index contributed by atoms with van der Waals surface area (Å²) in [6.07, 6.45) is -0.190. The molecule has 0 heterocycles. The van der Waals surface area contributed by atoms with Gasteiger partial charge < -0.3 is 10.2 Å². The Bertz CT molecular complexity index is 572. The first-order valence-electron chi connectivity index (χ1n) is 5.40. The van der Waals surface area contributed by atoms with Crippen LogP contribution in [0, 0.1) is 6.92 Å². The number of nitrogens with one attached hydrogen (secondary N) is 1. The number of benzene rings is 1. The lowest BCUT2D eigenvalue weighted by molar-refractivity contribution is -0.139. The average molecular weight is 352 g/mol. The number of aliphatic carboxylic acids is 1. The van der Waals surface area contributed by atoms with Gasteiger partial charge in [-0.15, -0.1) is 0 Å². The van der Waals surface area contributed by atoms with Gasteiger partial charge in [-0.05, 0) is 37.1 Å². The number of aliphatic hydroxyl groups excluding tert-OH is 1. The molecule has 0 fully saturated rings. The van der Waals surface area contributed by atoms with Gasteiger partial charge >= 0.3 is 5.97 Å². The van der Waals surface area contributed by atoms with E-state index in [0.717, 1.165) is 10.0 Å². The Balaban J connectivity index is 3.03. The van der Waals surface area contributed by atoms with Gasteiger partial charge in [-0.25, -0.2) is 8.42 Å². The second-order valence-corrected chi connectivity index (χ2v) is 6.50. The van der Waals surface area contributed by atoms with Gasteiger partial charge in [0, 0.05) is 11.1 Å². The molecule has 0 aliphatic carbocycles. The Morgan fingerprint density at radius 1 is 1.47 bits per heavy atom. The predicted octanol–water partition coefficient (Wildman–Crippen LogP) is 0.871. The van der Waals surface area contributed by atoms with E-state index < -0.39 is 28.6 Å². The summed E-state index contributed by atoms with van der Waals surface area (Å²) in [6, 6.07) is 3.03. The zero-order valence-corrected chi connectivity index (χ0v) is 12.5. The van der Waals surface area contributed by atoms with Crippen molar-refractivity contribution in [1.29, 1.82) is 0 Å². The Morgan fingerprint density at radius 3 is 2.58 bits per heavy atom. The molecule has 0 aromatic heterocycles. The maximum atomic E-state index is 12.0. The first-order valence-corrected chi connectivity index (χ1v) is 7.67. The van der Waals surface area contributed by atoms with Crippen molar-refractivity contribution in [3.63, 3.8) is 0 Å². The summed E-state index contributed by atoms with van der Waals surface area (Å²) in [5.74, 6) is -1.33. The van der Waals surface area contributed by atoms with Crippen molar-refractivity contribution in [2.45, 2.75) is 24.3 Å². The van der Waals surface area contributed by atoms with Crippen molar-refractivity contribution in [2.24, 2.45) is 0 Å². The van der Waals surface area contributed by atoms with Crippen LogP contribution < -0.4 is 4.72 Å². The summed E-state index contributed by atoms with van der Waals surface area (Å²) in [7, 11) is -3.93. The van der Waals surface area contributed by atoms with Crippen molar-refractivity contribution in [2.75, 3.05) is 6.61 Å². The standard InChI is InChI=1S/C11H14BrNO5S/c1-7-6-8(2-3-9(7)12)19(17,18)13-10(4-5-14)11(15)16/h2-3,6,10,13-14H,4-5H2,1H3,(H,15,16)/t10-/m1/s1. The van der Waals surface area contributed by atoms with Crippen molar-refractivity contribution < 1.29 is 23.4 Å². The molecule has 0 bridgehead atoms. The van der Waals surface area contributed by atoms with Gasteiger partial charge in [0.1, 0.15) is 6.04 Å². The molecular weight excluding hydrogens is 338 g/mol. The van der Waals surface area contributed by atoms with Gasteiger partial charge in [0.15, 0.2) is 0 Å². The van der Waals surface area contributed by atoms with Gasteiger partial charge in [-0.3, -0.25) is 4.79 Å². The highest BCUT2D eigenvalue weighted by molar-refractivity contribution is 9.10. The maximum absolute atomic E-state index is 12.0. The smallest absolute Gasteiger partial charge is 0.321 e. The normalized spacial score (nSPS) is 13.2. The van der Waals surface area contributed by atoms with E-state index in [1.165, 1.54) is 12.1 Å². The molecule has 8 heteroatoms. The third kappa shape index (κ3) is 4.27. The van der Waals surface area contributed by atoms with Gasteiger partial charge in [0.25, 0.3) is 0 Å². The highest BCUT2D eigenvalue weighted by Crippen LogP contribution is 2.20. The van der Waals surface area contributed by atoms with Crippen LogP contribution in [0.2, 0.25) is 0 Å². The number of carboxylic acids is 1. The molecule has 0 amide bonds. The van der Waals surface area contributed by atoms with E-state index in [0.29, 0.717) is 0 Å². The minimum Gasteiger partial charge on any atom is -0.480 e. The highest BCUT2D eigenvalue weighted by Gasteiger charge is 2.25. The van der Waals surface area contributed by atoms with E-state index in [1.807, 2.05) is 0 Å². The van der Waals surface area contributed by atoms with Crippen LogP contribution in [0.25, 0.3) is 0 Å². The Labute approximate surface area is 119 Å². The fraction of sp³-hybridized carbons (Fsp3) is 0.364. The SMILES string of the molecule is Cc1cc(S(=O)(=O)N[C@H](CCO)C(=O)O)ccc1Br. The lowest BCUT2D eigenvalue weighted by atomic mass is 10.2. The monoisotopic (exact) mass is 351 g/mol. The van der Waals surface area contributed by atoms with E-state index in [4.69, 9.17) is 10.2 Å². The molecule has 0 aliphatic rings. The number of carboxylic acid groups (broad SMARTS) is 1. The van der Waals surface area contributed by atoms with Gasteiger partial charge in [-0.2, -0.15) is 4.72 Å². The van der Waals surface area contributed by atoms with Gasteiger partial charge in [-0.1, -0.05) is 15.9 Å². The minimum absolute atomic E-state index is 0.0163. The zero-order chi connectivity index (χ0) is 14.6. The first-order chi connectivity index (χ1) is 8.77. The largest absolute Gasteiger partial charge is 0.480 e. The molecular formula is C11H14BrNO5S. The lowest BCUT2D eigenvalue weighted by Crippen LogP contribution is -2.41. The second-order valence-electron chi connectivity index (χ2n) is 3.94. The van der Waals surface area contributed by atoms with Crippen molar-refractivity contribution in [3.8, 4) is 0 Å². The van der Waals surface area contributed by atoms with E-state index in [1.54, 1.807) is 13.0 Å². The Hall–Kier alpha value is -0.960. The quantitative estimate of drug-likeness (QED) is 0.705. The maximum Gasteiger partial charge on any atom is 0.321 e. The lowest BCUT2D eigenvalue weighted by Gasteiger charge is -2.14. The van der Waals surface area contributed by atoms with Gasteiger partial charge in [0.05, 0.1) is 4.90 Å². The molecule has 1 atom stereocenters. The number of rotatable bonds is 6. The summed E-state index contributed by atoms with van der Waals surface area (Å²) < 4.78 is 26.8. The summed E-state index contributed by atoms with van der Waals surface area (Å²) in [5.41, 5.74) is 0.719. The molecule has 6 nitrogen and oxygen atoms in total. The van der Waals surface area contributed by atoms with Gasteiger partial charge in [0.2, 0.25) is 10.0 Å². The van der Waals surface area contributed by atoms with E-state index in [2.05, 4.69) is 20.7 Å². The number of hydrogen-bond donors (Lipinski definition) is 3. The fourth-order valence-corrected chi connectivity index (χ4v) is 2.96. The van der Waals surface area contributed by atoms with Crippen LogP contribution in [-0.4, -0.2) is 37.2 Å². The first kappa shape index (κ1) is 16.1. The number of sulfonamides is 1. The molecule has 0 saturated carbocycles. The van der Waals surface area contributed by atoms with Crippen LogP contribution >= 0.6 is 15.9 Å². The summed E-state index contributed by atoms with van der Waals surface area (Å²) in [4.78, 5) is 10.9. The summed E-state index contributed by atoms with van der Waals surface area (Å²) >= 11 is 3.25. The van der Waals surface area contributed by atoms with Crippen molar-refractivity contribution in [3.05, 3.63) is 28.2 Å². The van der Waals surface area contributed by atoms with Crippen molar-refractivity contribution >= 4 is 31.9 Å². The third-order valence-electron chi connectivity index (χ3n) is 2.45. The molecule has 106 valence electrons. The van der Waals surface area contributed by atoms with E-state index in [9.17, 15) is 13.2 Å². The molecule has 0 saturated heterocycles. The Kier molecular flexibility index (Phi) is 5.48. The van der Waals surface area contributed by atoms with Crippen LogP contribution in [0.1, 0.15) is 12.0 Å². The number of halogens is 1. The Morgan fingerprint density at radius 2 is 2.11 bits per heavy atom. The minimum atomic E-state index is -3.93. The van der Waals surface area contributed by atoms with E-state index >= 15 is 0 Å². The van der Waals surface area contributed by atoms with Crippen molar-refractivity contribution in [1.82, 2.24) is 4.72 Å². The number of aryl methyl sites for hydroxylation is 1. The molecule has 0 spiro atoms. The molecule has 19 heavy (non-hydrogen) atoms. The summed E-state index contributed by atoms with van der Waals surface area (Å²) in [5, 5.41) is 17.6. The topological polar surface area (TPSA) is 104 Å². The molecule has 1 aromatic carbocycles. The third-order valence-corrected chi connectivity index (χ3v) is 4.81. The molecule has 3 N–H and O–H groups in total. The number of hydrogen-bond acceptors (Lipinski definition) is 4. The highest BCUT2D eigenvalue weighted by atomic mass is 79.9. The fourth-order valence-electron chi connectivity index (χ4n) is 1.40.